The Morgan fingerprint density at radius 1 is 1.11 bits per heavy atom. The summed E-state index contributed by atoms with van der Waals surface area (Å²) in [5.74, 6) is 0.627. The molecule has 3 N–H and O–H groups in total. The first kappa shape index (κ1) is 24.5. The predicted molar refractivity (Wildman–Crippen MR) is 152 cm³/mol. The molecule has 38 heavy (non-hydrogen) atoms. The molecule has 0 aliphatic carbocycles. The zero-order valence-corrected chi connectivity index (χ0v) is 21.7. The normalized spacial score (nSPS) is 21.1. The first-order valence-corrected chi connectivity index (χ1v) is 13.6. The summed E-state index contributed by atoms with van der Waals surface area (Å²) < 4.78 is 6.34. The molecule has 0 saturated carbocycles. The van der Waals surface area contributed by atoms with Gasteiger partial charge in [-0.15, -0.1) is 0 Å². The van der Waals surface area contributed by atoms with Gasteiger partial charge in [0.1, 0.15) is 5.75 Å². The van der Waals surface area contributed by atoms with E-state index in [2.05, 4.69) is 41.5 Å². The molecule has 3 heterocycles. The third-order valence-corrected chi connectivity index (χ3v) is 7.88. The second kappa shape index (κ2) is 10.5. The van der Waals surface area contributed by atoms with Gasteiger partial charge in [0.2, 0.25) is 0 Å². The molecule has 2 aliphatic rings. The van der Waals surface area contributed by atoms with Crippen LogP contribution in [0.2, 0.25) is 0 Å². The Kier molecular flexibility index (Phi) is 6.79. The van der Waals surface area contributed by atoms with Crippen LogP contribution in [0.3, 0.4) is 0 Å². The molecule has 1 amide bonds. The van der Waals surface area contributed by atoms with E-state index in [1.165, 1.54) is 0 Å². The fourth-order valence-corrected chi connectivity index (χ4v) is 5.72. The number of para-hydroxylation sites is 2. The van der Waals surface area contributed by atoms with Gasteiger partial charge in [0, 0.05) is 54.7 Å². The Balaban J connectivity index is 1.32. The average Bonchev–Trinajstić information content (AvgIpc) is 3.53. The number of H-pyrrole nitrogens is 1. The lowest BCUT2D eigenvalue weighted by Gasteiger charge is -2.25. The van der Waals surface area contributed by atoms with Crippen molar-refractivity contribution in [3.63, 3.8) is 0 Å². The summed E-state index contributed by atoms with van der Waals surface area (Å²) in [5.41, 5.74) is 5.50. The van der Waals surface area contributed by atoms with Gasteiger partial charge in [-0.25, -0.2) is 0 Å². The number of carbonyl (C=O) groups is 1. The first-order valence-electron chi connectivity index (χ1n) is 13.6. The van der Waals surface area contributed by atoms with Gasteiger partial charge < -0.3 is 30.2 Å². The highest BCUT2D eigenvalue weighted by Gasteiger charge is 2.26. The number of aromatic amines is 1. The molecule has 4 aromatic rings. The van der Waals surface area contributed by atoms with E-state index in [1.54, 1.807) is 0 Å². The zero-order chi connectivity index (χ0) is 26.1. The Labute approximate surface area is 223 Å². The number of nitrogens with zero attached hydrogens (tertiary/aromatic N) is 1. The van der Waals surface area contributed by atoms with Gasteiger partial charge in [-0.2, -0.15) is 0 Å². The van der Waals surface area contributed by atoms with Crippen LogP contribution >= 0.6 is 0 Å². The Hall–Kier alpha value is -3.81. The number of amides is 1. The number of carbonyl (C=O) groups excluding carboxylic acids is 1. The summed E-state index contributed by atoms with van der Waals surface area (Å²) in [6.45, 7) is 3.90. The van der Waals surface area contributed by atoms with Crippen molar-refractivity contribution in [2.45, 2.75) is 44.7 Å². The van der Waals surface area contributed by atoms with Gasteiger partial charge in [-0.3, -0.25) is 4.79 Å². The van der Waals surface area contributed by atoms with Crippen LogP contribution in [0.15, 0.2) is 72.9 Å². The number of ether oxygens (including phenoxy) is 1. The minimum atomic E-state index is -0.0446. The maximum Gasteiger partial charge on any atom is 0.258 e. The smallest absolute Gasteiger partial charge is 0.258 e. The van der Waals surface area contributed by atoms with Crippen molar-refractivity contribution in [3.8, 4) is 16.9 Å². The molecule has 3 atom stereocenters. The quantitative estimate of drug-likeness (QED) is 0.319. The van der Waals surface area contributed by atoms with E-state index in [0.29, 0.717) is 42.5 Å². The average molecular weight is 511 g/mol. The summed E-state index contributed by atoms with van der Waals surface area (Å²) in [5, 5.41) is 17.1. The Morgan fingerprint density at radius 3 is 2.87 bits per heavy atom. The number of nitrogens with one attached hydrogen (secondary N) is 3. The lowest BCUT2D eigenvalue weighted by Crippen LogP contribution is -3.08. The van der Waals surface area contributed by atoms with Crippen molar-refractivity contribution in [1.29, 1.82) is 0 Å². The van der Waals surface area contributed by atoms with Crippen molar-refractivity contribution in [2.24, 2.45) is 0 Å². The minimum absolute atomic E-state index is 0.0446. The number of rotatable bonds is 6. The fourth-order valence-electron chi connectivity index (χ4n) is 5.72. The van der Waals surface area contributed by atoms with E-state index >= 15 is 0 Å². The first-order chi connectivity index (χ1) is 18.6. The van der Waals surface area contributed by atoms with Crippen LogP contribution in [0.4, 0.5) is 11.4 Å². The van der Waals surface area contributed by atoms with Crippen LogP contribution in [0.1, 0.15) is 43.0 Å². The van der Waals surface area contributed by atoms with Crippen LogP contribution in [0.5, 0.6) is 5.75 Å². The maximum absolute atomic E-state index is 13.9. The van der Waals surface area contributed by atoms with Gasteiger partial charge in [0.05, 0.1) is 30.6 Å². The van der Waals surface area contributed by atoms with Crippen molar-refractivity contribution >= 4 is 28.2 Å². The Bertz CT molecular complexity index is 1450. The van der Waals surface area contributed by atoms with Crippen molar-refractivity contribution in [2.75, 3.05) is 29.9 Å². The summed E-state index contributed by atoms with van der Waals surface area (Å²) >= 11 is 0. The number of anilines is 2. The Morgan fingerprint density at radius 2 is 2.00 bits per heavy atom. The molecule has 0 bridgehead atoms. The molecular formula is C31H34N4O3. The number of hydroxylamine groups is 2. The van der Waals surface area contributed by atoms with Gasteiger partial charge in [0.15, 0.2) is 0 Å². The molecule has 3 aromatic carbocycles. The fraction of sp³-hybridized carbons (Fsp3) is 0.323. The molecule has 2 aliphatic heterocycles. The SMILES string of the molecule is CC1CCN(C(=O)c2ccc(-c3ccc4[nH]ccc4c3)c(OCCC3CCC[NH+]3[O-])c2)c2ccccc2N1. The number of hydrogen-bond acceptors (Lipinski definition) is 4. The highest BCUT2D eigenvalue weighted by molar-refractivity contribution is 6.08. The van der Waals surface area contributed by atoms with Gasteiger partial charge in [0.25, 0.3) is 5.91 Å². The van der Waals surface area contributed by atoms with Crippen LogP contribution in [0, 0.1) is 5.21 Å². The van der Waals surface area contributed by atoms with Crippen molar-refractivity contribution < 1.29 is 14.6 Å². The van der Waals surface area contributed by atoms with Gasteiger partial charge >= 0.3 is 0 Å². The standard InChI is InChI=1S/C31H34N4O3/c1-21-13-17-34(29-7-3-2-6-28(29)33-21)31(36)24-8-10-26(22-9-11-27-23(19-22)12-15-32-27)30(20-24)38-18-14-25-5-4-16-35(25)37/h2-3,6-12,15,19-21,25,32-33,35H,4-5,13-14,16-18H2,1H3. The highest BCUT2D eigenvalue weighted by Crippen LogP contribution is 2.35. The van der Waals surface area contributed by atoms with E-state index in [4.69, 9.17) is 4.74 Å². The lowest BCUT2D eigenvalue weighted by molar-refractivity contribution is -0.861. The number of benzene rings is 3. The summed E-state index contributed by atoms with van der Waals surface area (Å²) in [6.07, 6.45) is 5.41. The third kappa shape index (κ3) is 4.87. The molecule has 1 aromatic heterocycles. The van der Waals surface area contributed by atoms with Crippen LogP contribution in [-0.2, 0) is 0 Å². The summed E-state index contributed by atoms with van der Waals surface area (Å²) in [7, 11) is 0. The predicted octanol–water partition coefficient (Wildman–Crippen LogP) is 5.00. The van der Waals surface area contributed by atoms with Crippen molar-refractivity contribution in [1.82, 2.24) is 4.98 Å². The molecular weight excluding hydrogens is 476 g/mol. The zero-order valence-electron chi connectivity index (χ0n) is 21.7. The van der Waals surface area contributed by atoms with Crippen LogP contribution in [0.25, 0.3) is 22.0 Å². The molecule has 7 nitrogen and oxygen atoms in total. The minimum Gasteiger partial charge on any atom is -0.634 e. The molecule has 0 spiro atoms. The number of fused-ring (bicyclic) bond motifs is 2. The highest BCUT2D eigenvalue weighted by atomic mass is 16.5. The number of hydrogen-bond donors (Lipinski definition) is 3. The van der Waals surface area contributed by atoms with E-state index in [0.717, 1.165) is 52.7 Å². The van der Waals surface area contributed by atoms with E-state index < -0.39 is 0 Å². The molecule has 196 valence electrons. The summed E-state index contributed by atoms with van der Waals surface area (Å²) in [4.78, 5) is 19.0. The topological polar surface area (TPSA) is 84.9 Å². The second-order valence-electron chi connectivity index (χ2n) is 10.5. The number of aromatic nitrogens is 1. The van der Waals surface area contributed by atoms with Crippen LogP contribution < -0.4 is 20.0 Å². The third-order valence-electron chi connectivity index (χ3n) is 7.88. The monoisotopic (exact) mass is 510 g/mol. The van der Waals surface area contributed by atoms with E-state index in [-0.39, 0.29) is 18.0 Å². The molecule has 6 rings (SSSR count). The van der Waals surface area contributed by atoms with E-state index in [1.807, 2.05) is 53.6 Å². The maximum atomic E-state index is 13.9. The second-order valence-corrected chi connectivity index (χ2v) is 10.5. The van der Waals surface area contributed by atoms with Gasteiger partial charge in [-0.1, -0.05) is 18.2 Å². The number of quaternary nitrogens is 1. The lowest BCUT2D eigenvalue weighted by atomic mass is 10.0. The molecule has 1 fully saturated rings. The van der Waals surface area contributed by atoms with Crippen LogP contribution in [-0.4, -0.2) is 42.7 Å². The molecule has 1 saturated heterocycles. The largest absolute Gasteiger partial charge is 0.634 e. The van der Waals surface area contributed by atoms with E-state index in [9.17, 15) is 10.0 Å². The molecule has 7 heteroatoms. The summed E-state index contributed by atoms with van der Waals surface area (Å²) in [6, 6.07) is 22.4. The van der Waals surface area contributed by atoms with Crippen molar-refractivity contribution in [3.05, 3.63) is 83.7 Å². The molecule has 0 radical (unpaired) electrons. The van der Waals surface area contributed by atoms with Gasteiger partial charge in [-0.05, 0) is 72.8 Å². The molecule has 3 unspecified atom stereocenters.